The number of para-hydroxylation sites is 1. The summed E-state index contributed by atoms with van der Waals surface area (Å²) >= 11 is 0. The molecule has 0 radical (unpaired) electrons. The molecular formula is C23H22N4. The average molecular weight is 354 g/mol. The fourth-order valence-electron chi connectivity index (χ4n) is 3.12. The fraction of sp³-hybridized carbons (Fsp3) is 0.130. The molecule has 1 N–H and O–H groups in total. The van der Waals surface area contributed by atoms with Crippen molar-refractivity contribution in [3.8, 4) is 16.9 Å². The van der Waals surface area contributed by atoms with Gasteiger partial charge in [0.15, 0.2) is 0 Å². The summed E-state index contributed by atoms with van der Waals surface area (Å²) in [5.74, 6) is 0. The Morgan fingerprint density at radius 2 is 1.67 bits per heavy atom. The van der Waals surface area contributed by atoms with E-state index in [4.69, 9.17) is 5.10 Å². The zero-order chi connectivity index (χ0) is 18.5. The maximum atomic E-state index is 4.84. The van der Waals surface area contributed by atoms with Crippen LogP contribution in [-0.2, 0) is 6.54 Å². The molecule has 2 aromatic carbocycles. The summed E-state index contributed by atoms with van der Waals surface area (Å²) < 4.78 is 1.94. The Morgan fingerprint density at radius 3 is 2.37 bits per heavy atom. The van der Waals surface area contributed by atoms with Crippen LogP contribution in [0, 0.1) is 0 Å². The summed E-state index contributed by atoms with van der Waals surface area (Å²) in [6, 6.07) is 24.9. The van der Waals surface area contributed by atoms with Crippen LogP contribution in [0.4, 0.5) is 0 Å². The van der Waals surface area contributed by atoms with Crippen LogP contribution in [-0.4, -0.2) is 14.8 Å². The molecule has 4 aromatic rings. The maximum absolute atomic E-state index is 4.84. The summed E-state index contributed by atoms with van der Waals surface area (Å²) in [5.41, 5.74) is 5.45. The molecule has 0 fully saturated rings. The van der Waals surface area contributed by atoms with Crippen LogP contribution in [0.25, 0.3) is 16.9 Å². The van der Waals surface area contributed by atoms with Gasteiger partial charge in [0.2, 0.25) is 0 Å². The van der Waals surface area contributed by atoms with E-state index in [0.29, 0.717) is 0 Å². The molecule has 0 aliphatic carbocycles. The molecule has 2 heterocycles. The molecule has 134 valence electrons. The predicted octanol–water partition coefficient (Wildman–Crippen LogP) is 4.79. The van der Waals surface area contributed by atoms with Crippen LogP contribution in [0.15, 0.2) is 91.4 Å². The van der Waals surface area contributed by atoms with Gasteiger partial charge in [0.1, 0.15) is 0 Å². The van der Waals surface area contributed by atoms with Gasteiger partial charge in [-0.05, 0) is 36.8 Å². The third kappa shape index (κ3) is 3.96. The van der Waals surface area contributed by atoms with Gasteiger partial charge in [-0.25, -0.2) is 4.68 Å². The van der Waals surface area contributed by atoms with E-state index >= 15 is 0 Å². The molecule has 1 atom stereocenters. The number of pyridine rings is 1. The lowest BCUT2D eigenvalue weighted by molar-refractivity contribution is 0.575. The highest BCUT2D eigenvalue weighted by molar-refractivity contribution is 5.62. The first-order valence-electron chi connectivity index (χ1n) is 9.14. The van der Waals surface area contributed by atoms with E-state index in [1.54, 1.807) is 6.20 Å². The van der Waals surface area contributed by atoms with Gasteiger partial charge in [0, 0.05) is 42.3 Å². The second-order valence-corrected chi connectivity index (χ2v) is 6.54. The van der Waals surface area contributed by atoms with Crippen molar-refractivity contribution in [2.75, 3.05) is 0 Å². The first-order chi connectivity index (χ1) is 13.3. The molecular weight excluding hydrogens is 332 g/mol. The average Bonchev–Trinajstić information content (AvgIpc) is 3.18. The summed E-state index contributed by atoms with van der Waals surface area (Å²) in [4.78, 5) is 4.26. The van der Waals surface area contributed by atoms with Crippen LogP contribution in [0.2, 0.25) is 0 Å². The fourth-order valence-corrected chi connectivity index (χ4v) is 3.12. The Labute approximate surface area is 159 Å². The highest BCUT2D eigenvalue weighted by Gasteiger charge is 2.14. The van der Waals surface area contributed by atoms with E-state index in [2.05, 4.69) is 65.9 Å². The van der Waals surface area contributed by atoms with Gasteiger partial charge in [-0.2, -0.15) is 5.10 Å². The van der Waals surface area contributed by atoms with E-state index in [1.807, 2.05) is 41.2 Å². The minimum Gasteiger partial charge on any atom is -0.306 e. The lowest BCUT2D eigenvalue weighted by Gasteiger charge is -2.14. The number of nitrogens with zero attached hydrogens (tertiary/aromatic N) is 3. The third-order valence-corrected chi connectivity index (χ3v) is 4.64. The van der Waals surface area contributed by atoms with Crippen molar-refractivity contribution < 1.29 is 0 Å². The molecule has 0 bridgehead atoms. The molecule has 4 rings (SSSR count). The minimum absolute atomic E-state index is 0.257. The predicted molar refractivity (Wildman–Crippen MR) is 108 cm³/mol. The van der Waals surface area contributed by atoms with E-state index in [1.165, 1.54) is 5.56 Å². The number of benzene rings is 2. The number of hydrogen-bond acceptors (Lipinski definition) is 3. The van der Waals surface area contributed by atoms with Crippen LogP contribution in [0.1, 0.15) is 24.1 Å². The molecule has 0 unspecified atom stereocenters. The summed E-state index contributed by atoms with van der Waals surface area (Å²) in [7, 11) is 0. The van der Waals surface area contributed by atoms with Crippen molar-refractivity contribution in [3.05, 3.63) is 103 Å². The Hall–Kier alpha value is -3.24. The van der Waals surface area contributed by atoms with E-state index in [0.717, 1.165) is 29.1 Å². The minimum atomic E-state index is 0.257. The van der Waals surface area contributed by atoms with Crippen molar-refractivity contribution >= 4 is 0 Å². The topological polar surface area (TPSA) is 42.7 Å². The molecule has 4 nitrogen and oxygen atoms in total. The lowest BCUT2D eigenvalue weighted by atomic mass is 10.1. The molecule has 0 spiro atoms. The van der Waals surface area contributed by atoms with Gasteiger partial charge in [-0.15, -0.1) is 0 Å². The monoisotopic (exact) mass is 354 g/mol. The highest BCUT2D eigenvalue weighted by atomic mass is 15.3. The standard InChI is InChI=1S/C23H22N4/c1-18(19-9-4-2-5-10-19)25-16-21-17-27(22-12-6-3-7-13-22)26-23(21)20-11-8-14-24-15-20/h2-15,17-18,25H,16H2,1H3/t18-/m1/s1. The molecule has 0 aliphatic heterocycles. The Bertz CT molecular complexity index is 979. The van der Waals surface area contributed by atoms with E-state index in [-0.39, 0.29) is 6.04 Å². The second-order valence-electron chi connectivity index (χ2n) is 6.54. The van der Waals surface area contributed by atoms with Crippen molar-refractivity contribution in [1.82, 2.24) is 20.1 Å². The van der Waals surface area contributed by atoms with Crippen LogP contribution in [0.3, 0.4) is 0 Å². The van der Waals surface area contributed by atoms with Gasteiger partial charge in [0.05, 0.1) is 11.4 Å². The van der Waals surface area contributed by atoms with Crippen LogP contribution < -0.4 is 5.32 Å². The number of rotatable bonds is 6. The summed E-state index contributed by atoms with van der Waals surface area (Å²) in [5, 5.41) is 8.45. The Morgan fingerprint density at radius 1 is 0.926 bits per heavy atom. The van der Waals surface area contributed by atoms with E-state index in [9.17, 15) is 0 Å². The van der Waals surface area contributed by atoms with Crippen molar-refractivity contribution in [1.29, 1.82) is 0 Å². The van der Waals surface area contributed by atoms with Gasteiger partial charge in [-0.1, -0.05) is 48.5 Å². The molecule has 0 aliphatic rings. The maximum Gasteiger partial charge on any atom is 0.0988 e. The summed E-state index contributed by atoms with van der Waals surface area (Å²) in [6.07, 6.45) is 5.75. The van der Waals surface area contributed by atoms with Crippen molar-refractivity contribution in [3.63, 3.8) is 0 Å². The largest absolute Gasteiger partial charge is 0.306 e. The number of nitrogens with one attached hydrogen (secondary N) is 1. The lowest BCUT2D eigenvalue weighted by Crippen LogP contribution is -2.18. The zero-order valence-electron chi connectivity index (χ0n) is 15.3. The zero-order valence-corrected chi connectivity index (χ0v) is 15.3. The third-order valence-electron chi connectivity index (χ3n) is 4.64. The van der Waals surface area contributed by atoms with Crippen molar-refractivity contribution in [2.24, 2.45) is 0 Å². The summed E-state index contributed by atoms with van der Waals surface area (Å²) in [6.45, 7) is 2.91. The van der Waals surface area contributed by atoms with Crippen LogP contribution >= 0.6 is 0 Å². The van der Waals surface area contributed by atoms with Gasteiger partial charge >= 0.3 is 0 Å². The van der Waals surface area contributed by atoms with Gasteiger partial charge in [0.25, 0.3) is 0 Å². The van der Waals surface area contributed by atoms with Gasteiger partial charge < -0.3 is 5.32 Å². The van der Waals surface area contributed by atoms with Gasteiger partial charge in [-0.3, -0.25) is 4.98 Å². The molecule has 0 amide bonds. The number of hydrogen-bond donors (Lipinski definition) is 1. The van der Waals surface area contributed by atoms with E-state index < -0.39 is 0 Å². The Balaban J connectivity index is 1.63. The SMILES string of the molecule is C[C@@H](NCc1cn(-c2ccccc2)nc1-c1cccnc1)c1ccccc1. The second kappa shape index (κ2) is 7.98. The molecule has 0 saturated heterocycles. The first kappa shape index (κ1) is 17.2. The molecule has 4 heteroatoms. The molecule has 27 heavy (non-hydrogen) atoms. The number of aromatic nitrogens is 3. The first-order valence-corrected chi connectivity index (χ1v) is 9.14. The van der Waals surface area contributed by atoms with Crippen molar-refractivity contribution in [2.45, 2.75) is 19.5 Å². The van der Waals surface area contributed by atoms with Crippen LogP contribution in [0.5, 0.6) is 0 Å². The quantitative estimate of drug-likeness (QED) is 0.541. The Kier molecular flexibility index (Phi) is 5.08. The molecule has 2 aromatic heterocycles. The molecule has 0 saturated carbocycles. The normalized spacial score (nSPS) is 12.0. The smallest absolute Gasteiger partial charge is 0.0988 e. The highest BCUT2D eigenvalue weighted by Crippen LogP contribution is 2.24.